The molecule has 0 radical (unpaired) electrons. The Labute approximate surface area is 117 Å². The maximum Gasteiger partial charge on any atom is 0.141 e. The first-order valence-corrected chi connectivity index (χ1v) is 6.74. The number of rotatable bonds is 1. The van der Waals surface area contributed by atoms with Gasteiger partial charge in [-0.05, 0) is 35.9 Å². The van der Waals surface area contributed by atoms with E-state index in [4.69, 9.17) is 11.6 Å². The number of benzene rings is 2. The van der Waals surface area contributed by atoms with Gasteiger partial charge in [0, 0.05) is 19.0 Å². The summed E-state index contributed by atoms with van der Waals surface area (Å²) in [6, 6.07) is 13.5. The summed E-state index contributed by atoms with van der Waals surface area (Å²) in [5.41, 5.74) is 3.73. The van der Waals surface area contributed by atoms with Gasteiger partial charge in [-0.2, -0.15) is 0 Å². The van der Waals surface area contributed by atoms with Crippen molar-refractivity contribution in [1.82, 2.24) is 4.90 Å². The summed E-state index contributed by atoms with van der Waals surface area (Å²) < 4.78 is 13.3. The van der Waals surface area contributed by atoms with E-state index in [9.17, 15) is 4.39 Å². The van der Waals surface area contributed by atoms with Crippen LogP contribution in [0.3, 0.4) is 0 Å². The van der Waals surface area contributed by atoms with Crippen LogP contribution in [0.5, 0.6) is 0 Å². The number of halogens is 2. The van der Waals surface area contributed by atoms with E-state index in [0.717, 1.165) is 18.7 Å². The standard InChI is InChI=1S/C16H15ClFN/c1-19-9-12-4-2-3-5-13(12)14(10-19)11-6-7-16(18)15(17)8-11/h2-8,14H,9-10H2,1H3. The first kappa shape index (κ1) is 12.6. The number of hydrogen-bond donors (Lipinski definition) is 0. The molecule has 0 fully saturated rings. The van der Waals surface area contributed by atoms with Crippen molar-refractivity contribution < 1.29 is 4.39 Å². The lowest BCUT2D eigenvalue weighted by Gasteiger charge is -2.32. The van der Waals surface area contributed by atoms with Crippen molar-refractivity contribution in [3.8, 4) is 0 Å². The highest BCUT2D eigenvalue weighted by molar-refractivity contribution is 6.30. The number of likely N-dealkylation sites (N-methyl/N-ethyl adjacent to an activating group) is 1. The summed E-state index contributed by atoms with van der Waals surface area (Å²) in [5.74, 6) is -0.101. The summed E-state index contributed by atoms with van der Waals surface area (Å²) in [6.45, 7) is 1.89. The van der Waals surface area contributed by atoms with E-state index in [0.29, 0.717) is 0 Å². The molecule has 1 nitrogen and oxygen atoms in total. The number of hydrogen-bond acceptors (Lipinski definition) is 1. The Morgan fingerprint density at radius 2 is 2.00 bits per heavy atom. The van der Waals surface area contributed by atoms with Crippen molar-refractivity contribution in [2.45, 2.75) is 12.5 Å². The molecule has 0 amide bonds. The molecule has 19 heavy (non-hydrogen) atoms. The molecule has 2 aromatic carbocycles. The molecule has 0 aromatic heterocycles. The van der Waals surface area contributed by atoms with E-state index in [-0.39, 0.29) is 16.8 Å². The maximum atomic E-state index is 13.3. The molecule has 1 atom stereocenters. The molecule has 0 aliphatic carbocycles. The van der Waals surface area contributed by atoms with E-state index in [1.165, 1.54) is 17.2 Å². The molecule has 3 rings (SSSR count). The highest BCUT2D eigenvalue weighted by Gasteiger charge is 2.24. The lowest BCUT2D eigenvalue weighted by Crippen LogP contribution is -2.30. The average Bonchev–Trinajstić information content (AvgIpc) is 2.41. The monoisotopic (exact) mass is 275 g/mol. The van der Waals surface area contributed by atoms with Gasteiger partial charge < -0.3 is 4.90 Å². The maximum absolute atomic E-state index is 13.3. The van der Waals surface area contributed by atoms with Crippen LogP contribution in [-0.4, -0.2) is 18.5 Å². The van der Waals surface area contributed by atoms with Crippen LogP contribution in [0.2, 0.25) is 5.02 Å². The third-order valence-corrected chi connectivity index (χ3v) is 4.00. The molecule has 0 spiro atoms. The third kappa shape index (κ3) is 2.38. The number of fused-ring (bicyclic) bond motifs is 1. The Hall–Kier alpha value is -1.38. The van der Waals surface area contributed by atoms with Crippen molar-refractivity contribution >= 4 is 11.6 Å². The third-order valence-electron chi connectivity index (χ3n) is 3.71. The first-order valence-electron chi connectivity index (χ1n) is 6.36. The Balaban J connectivity index is 2.07. The second-order valence-electron chi connectivity index (χ2n) is 5.12. The van der Waals surface area contributed by atoms with Crippen molar-refractivity contribution in [3.05, 3.63) is 70.0 Å². The highest BCUT2D eigenvalue weighted by Crippen LogP contribution is 2.34. The van der Waals surface area contributed by atoms with E-state index in [1.807, 2.05) is 6.07 Å². The molecule has 0 saturated heterocycles. The zero-order chi connectivity index (χ0) is 13.4. The van der Waals surface area contributed by atoms with Gasteiger partial charge in [0.25, 0.3) is 0 Å². The average molecular weight is 276 g/mol. The summed E-state index contributed by atoms with van der Waals surface area (Å²) in [5, 5.41) is 0.197. The van der Waals surface area contributed by atoms with Gasteiger partial charge in [0.15, 0.2) is 0 Å². The van der Waals surface area contributed by atoms with Crippen molar-refractivity contribution in [2.24, 2.45) is 0 Å². The molecule has 0 saturated carbocycles. The normalized spacial score (nSPS) is 19.2. The molecular weight excluding hydrogens is 261 g/mol. The van der Waals surface area contributed by atoms with Gasteiger partial charge >= 0.3 is 0 Å². The lowest BCUT2D eigenvalue weighted by molar-refractivity contribution is 0.295. The van der Waals surface area contributed by atoms with Gasteiger partial charge in [-0.1, -0.05) is 41.9 Å². The molecule has 0 bridgehead atoms. The lowest BCUT2D eigenvalue weighted by atomic mass is 9.85. The smallest absolute Gasteiger partial charge is 0.141 e. The first-order chi connectivity index (χ1) is 9.15. The van der Waals surface area contributed by atoms with Gasteiger partial charge in [0.2, 0.25) is 0 Å². The van der Waals surface area contributed by atoms with E-state index in [2.05, 4.69) is 36.2 Å². The topological polar surface area (TPSA) is 3.24 Å². The summed E-state index contributed by atoms with van der Waals surface area (Å²) in [6.07, 6.45) is 0. The Bertz CT molecular complexity index is 611. The van der Waals surface area contributed by atoms with Gasteiger partial charge in [-0.15, -0.1) is 0 Å². The van der Waals surface area contributed by atoms with Crippen LogP contribution in [0, 0.1) is 5.82 Å². The zero-order valence-corrected chi connectivity index (χ0v) is 11.5. The minimum Gasteiger partial charge on any atom is -0.301 e. The van der Waals surface area contributed by atoms with Crippen LogP contribution in [0.4, 0.5) is 4.39 Å². The van der Waals surface area contributed by atoms with Crippen LogP contribution >= 0.6 is 11.6 Å². The minimum absolute atomic E-state index is 0.197. The Morgan fingerprint density at radius 3 is 2.79 bits per heavy atom. The molecule has 1 unspecified atom stereocenters. The zero-order valence-electron chi connectivity index (χ0n) is 10.7. The quantitative estimate of drug-likeness (QED) is 0.759. The van der Waals surface area contributed by atoms with Crippen LogP contribution in [-0.2, 0) is 6.54 Å². The largest absolute Gasteiger partial charge is 0.301 e. The fourth-order valence-electron chi connectivity index (χ4n) is 2.80. The van der Waals surface area contributed by atoms with E-state index in [1.54, 1.807) is 6.07 Å². The molecule has 1 heterocycles. The summed E-state index contributed by atoms with van der Waals surface area (Å²) in [7, 11) is 2.11. The molecule has 1 aliphatic heterocycles. The van der Waals surface area contributed by atoms with Crippen LogP contribution in [0.25, 0.3) is 0 Å². The SMILES string of the molecule is CN1Cc2ccccc2C(c2ccc(F)c(Cl)c2)C1. The van der Waals surface area contributed by atoms with Gasteiger partial charge in [0.1, 0.15) is 5.82 Å². The van der Waals surface area contributed by atoms with Gasteiger partial charge in [0.05, 0.1) is 5.02 Å². The van der Waals surface area contributed by atoms with Crippen LogP contribution < -0.4 is 0 Å². The molecule has 98 valence electrons. The minimum atomic E-state index is -0.358. The predicted octanol–water partition coefficient (Wildman–Crippen LogP) is 4.06. The van der Waals surface area contributed by atoms with Crippen LogP contribution in [0.15, 0.2) is 42.5 Å². The van der Waals surface area contributed by atoms with E-state index >= 15 is 0 Å². The van der Waals surface area contributed by atoms with Crippen molar-refractivity contribution in [2.75, 3.05) is 13.6 Å². The van der Waals surface area contributed by atoms with E-state index < -0.39 is 0 Å². The molecule has 2 aromatic rings. The summed E-state index contributed by atoms with van der Waals surface area (Å²) >= 11 is 5.91. The van der Waals surface area contributed by atoms with Gasteiger partial charge in [-0.25, -0.2) is 4.39 Å². The fraction of sp³-hybridized carbons (Fsp3) is 0.250. The molecular formula is C16H15ClFN. The Kier molecular flexibility index (Phi) is 3.29. The molecule has 3 heteroatoms. The van der Waals surface area contributed by atoms with Crippen LogP contribution in [0.1, 0.15) is 22.6 Å². The molecule has 0 N–H and O–H groups in total. The van der Waals surface area contributed by atoms with Gasteiger partial charge in [-0.3, -0.25) is 0 Å². The molecule has 1 aliphatic rings. The number of nitrogens with zero attached hydrogens (tertiary/aromatic N) is 1. The second kappa shape index (κ2) is 4.95. The Morgan fingerprint density at radius 1 is 1.21 bits per heavy atom. The highest BCUT2D eigenvalue weighted by atomic mass is 35.5. The second-order valence-corrected chi connectivity index (χ2v) is 5.53. The predicted molar refractivity (Wildman–Crippen MR) is 76.0 cm³/mol. The summed E-state index contributed by atoms with van der Waals surface area (Å²) in [4.78, 5) is 2.28. The fourth-order valence-corrected chi connectivity index (χ4v) is 2.99. The van der Waals surface area contributed by atoms with Crippen molar-refractivity contribution in [3.63, 3.8) is 0 Å². The van der Waals surface area contributed by atoms with Crippen molar-refractivity contribution in [1.29, 1.82) is 0 Å².